The lowest BCUT2D eigenvalue weighted by Gasteiger charge is -2.12. The highest BCUT2D eigenvalue weighted by atomic mass is 16.5. The van der Waals surface area contributed by atoms with E-state index in [0.29, 0.717) is 25.3 Å². The molecule has 1 aliphatic rings. The van der Waals surface area contributed by atoms with Gasteiger partial charge in [0.2, 0.25) is 0 Å². The Balaban J connectivity index is 1.78. The van der Waals surface area contributed by atoms with Crippen LogP contribution in [0.5, 0.6) is 5.75 Å². The Hall–Kier alpha value is -2.08. The van der Waals surface area contributed by atoms with E-state index in [0.717, 1.165) is 0 Å². The van der Waals surface area contributed by atoms with E-state index in [9.17, 15) is 9.59 Å². The summed E-state index contributed by atoms with van der Waals surface area (Å²) < 4.78 is 10.7. The second-order valence-corrected chi connectivity index (χ2v) is 4.71. The van der Waals surface area contributed by atoms with Crippen LogP contribution in [0.4, 0.5) is 0 Å². The number of aromatic carboxylic acids is 1. The number of hydrogen-bond acceptors (Lipinski definition) is 5. The van der Waals surface area contributed by atoms with Gasteiger partial charge in [-0.1, -0.05) is 0 Å². The van der Waals surface area contributed by atoms with Crippen LogP contribution in [0.2, 0.25) is 0 Å². The fourth-order valence-electron chi connectivity index (χ4n) is 2.12. The topological polar surface area (TPSA) is 84.9 Å². The third-order valence-electron chi connectivity index (χ3n) is 3.07. The molecule has 20 heavy (non-hydrogen) atoms. The highest BCUT2D eigenvalue weighted by Gasteiger charge is 2.26. The van der Waals surface area contributed by atoms with Crippen LogP contribution in [0.3, 0.4) is 0 Å². The van der Waals surface area contributed by atoms with Crippen molar-refractivity contribution in [1.82, 2.24) is 5.32 Å². The van der Waals surface area contributed by atoms with Crippen molar-refractivity contribution in [2.75, 3.05) is 13.2 Å². The van der Waals surface area contributed by atoms with Crippen molar-refractivity contribution in [2.45, 2.75) is 25.5 Å². The summed E-state index contributed by atoms with van der Waals surface area (Å²) in [4.78, 5) is 21.6. The maximum absolute atomic E-state index is 10.8. The Morgan fingerprint density at radius 3 is 2.65 bits per heavy atom. The van der Waals surface area contributed by atoms with Gasteiger partial charge in [-0.25, -0.2) is 4.79 Å². The predicted molar refractivity (Wildman–Crippen MR) is 70.9 cm³/mol. The van der Waals surface area contributed by atoms with Gasteiger partial charge in [0.1, 0.15) is 18.5 Å². The minimum Gasteiger partial charge on any atom is -0.492 e. The second-order valence-electron chi connectivity index (χ2n) is 4.71. The number of esters is 1. The molecule has 1 fully saturated rings. The lowest BCUT2D eigenvalue weighted by Crippen LogP contribution is -2.28. The number of carbonyl (C=O) groups is 2. The molecule has 1 unspecified atom stereocenters. The van der Waals surface area contributed by atoms with Crippen LogP contribution in [-0.4, -0.2) is 42.3 Å². The van der Waals surface area contributed by atoms with E-state index in [1.165, 1.54) is 19.1 Å². The molecule has 0 bridgehead atoms. The van der Waals surface area contributed by atoms with Crippen LogP contribution in [0.1, 0.15) is 23.7 Å². The van der Waals surface area contributed by atoms with Gasteiger partial charge in [-0.3, -0.25) is 4.79 Å². The molecule has 6 nitrogen and oxygen atoms in total. The number of carboxylic acids is 1. The molecule has 6 heteroatoms. The van der Waals surface area contributed by atoms with Crippen LogP contribution in [0.15, 0.2) is 24.3 Å². The van der Waals surface area contributed by atoms with Gasteiger partial charge >= 0.3 is 11.9 Å². The molecule has 0 saturated carbocycles. The summed E-state index contributed by atoms with van der Waals surface area (Å²) >= 11 is 0. The fraction of sp³-hybridized carbons (Fsp3) is 0.429. The van der Waals surface area contributed by atoms with Crippen molar-refractivity contribution in [3.63, 3.8) is 0 Å². The van der Waals surface area contributed by atoms with Gasteiger partial charge in [0.25, 0.3) is 0 Å². The molecule has 0 aliphatic carbocycles. The highest BCUT2D eigenvalue weighted by molar-refractivity contribution is 5.87. The summed E-state index contributed by atoms with van der Waals surface area (Å²) in [6.07, 6.45) is 0.614. The van der Waals surface area contributed by atoms with Gasteiger partial charge in [0.15, 0.2) is 0 Å². The molecule has 1 aromatic carbocycles. The lowest BCUT2D eigenvalue weighted by atomic mass is 10.2. The van der Waals surface area contributed by atoms with Gasteiger partial charge in [-0.05, 0) is 24.3 Å². The van der Waals surface area contributed by atoms with Crippen molar-refractivity contribution in [3.05, 3.63) is 29.8 Å². The third kappa shape index (κ3) is 3.96. The molecule has 1 heterocycles. The third-order valence-corrected chi connectivity index (χ3v) is 3.07. The molecule has 1 aliphatic heterocycles. The first-order valence-electron chi connectivity index (χ1n) is 6.41. The van der Waals surface area contributed by atoms with Gasteiger partial charge in [-0.15, -0.1) is 0 Å². The Morgan fingerprint density at radius 1 is 1.35 bits per heavy atom. The van der Waals surface area contributed by atoms with Gasteiger partial charge in [0.05, 0.1) is 5.56 Å². The maximum Gasteiger partial charge on any atom is 0.335 e. The molecule has 2 N–H and O–H groups in total. The van der Waals surface area contributed by atoms with Crippen LogP contribution < -0.4 is 10.1 Å². The molecule has 0 aromatic heterocycles. The van der Waals surface area contributed by atoms with Crippen LogP contribution >= 0.6 is 0 Å². The second kappa shape index (κ2) is 6.38. The van der Waals surface area contributed by atoms with Crippen LogP contribution in [-0.2, 0) is 9.53 Å². The largest absolute Gasteiger partial charge is 0.492 e. The van der Waals surface area contributed by atoms with Crippen LogP contribution in [0.25, 0.3) is 0 Å². The number of carboxylic acid groups (broad SMARTS) is 1. The molecular weight excluding hydrogens is 262 g/mol. The first kappa shape index (κ1) is 14.3. The first-order valence-corrected chi connectivity index (χ1v) is 6.41. The molecule has 0 spiro atoms. The van der Waals surface area contributed by atoms with Gasteiger partial charge < -0.3 is 19.9 Å². The van der Waals surface area contributed by atoms with Crippen molar-refractivity contribution in [3.8, 4) is 5.75 Å². The number of ether oxygens (including phenoxy) is 2. The summed E-state index contributed by atoms with van der Waals surface area (Å²) in [5, 5.41) is 12.0. The van der Waals surface area contributed by atoms with E-state index in [1.807, 2.05) is 0 Å². The van der Waals surface area contributed by atoms with Crippen LogP contribution in [0, 0.1) is 0 Å². The van der Waals surface area contributed by atoms with Gasteiger partial charge in [-0.2, -0.15) is 0 Å². The van der Waals surface area contributed by atoms with Crippen molar-refractivity contribution < 1.29 is 24.2 Å². The Morgan fingerprint density at radius 2 is 2.05 bits per heavy atom. The maximum atomic E-state index is 10.8. The molecule has 1 aromatic rings. The van der Waals surface area contributed by atoms with Crippen molar-refractivity contribution >= 4 is 11.9 Å². The molecule has 1 saturated heterocycles. The van der Waals surface area contributed by atoms with Gasteiger partial charge in [0, 0.05) is 25.9 Å². The lowest BCUT2D eigenvalue weighted by molar-refractivity contribution is -0.145. The molecule has 0 radical (unpaired) electrons. The Kier molecular flexibility index (Phi) is 4.57. The highest BCUT2D eigenvalue weighted by Crippen LogP contribution is 2.15. The zero-order valence-electron chi connectivity index (χ0n) is 11.2. The summed E-state index contributed by atoms with van der Waals surface area (Å²) in [7, 11) is 0. The molecular formula is C14H17NO5. The Bertz CT molecular complexity index is 485. The smallest absolute Gasteiger partial charge is 0.335 e. The summed E-state index contributed by atoms with van der Waals surface area (Å²) in [6, 6.07) is 6.38. The average Bonchev–Trinajstić information content (AvgIpc) is 2.83. The minimum absolute atomic E-state index is 0.101. The van der Waals surface area contributed by atoms with E-state index < -0.39 is 5.97 Å². The first-order chi connectivity index (χ1) is 9.54. The van der Waals surface area contributed by atoms with Crippen molar-refractivity contribution in [1.29, 1.82) is 0 Å². The van der Waals surface area contributed by atoms with Crippen molar-refractivity contribution in [2.24, 2.45) is 0 Å². The average molecular weight is 279 g/mol. The number of benzene rings is 1. The number of nitrogens with one attached hydrogen (secondary N) is 1. The SMILES string of the molecule is CC(=O)O[C@@H]1CNC(COc2ccc(C(=O)O)cc2)C1. The molecule has 0 amide bonds. The monoisotopic (exact) mass is 279 g/mol. The standard InChI is InChI=1S/C14H17NO5/c1-9(16)20-13-6-11(15-7-13)8-19-12-4-2-10(3-5-12)14(17)18/h2-5,11,13,15H,6-8H2,1H3,(H,17,18)/t11?,13-/m0/s1. The van der Waals surface area contributed by atoms with E-state index >= 15 is 0 Å². The minimum atomic E-state index is -0.960. The van der Waals surface area contributed by atoms with E-state index in [1.54, 1.807) is 12.1 Å². The Labute approximate surface area is 116 Å². The quantitative estimate of drug-likeness (QED) is 0.784. The molecule has 108 valence electrons. The summed E-state index contributed by atoms with van der Waals surface area (Å²) in [5.74, 6) is -0.617. The zero-order chi connectivity index (χ0) is 14.5. The summed E-state index contributed by atoms with van der Waals surface area (Å²) in [5.41, 5.74) is 0.228. The predicted octanol–water partition coefficient (Wildman–Crippen LogP) is 1.06. The molecule has 2 atom stereocenters. The number of hydrogen-bond donors (Lipinski definition) is 2. The molecule has 2 rings (SSSR count). The number of carbonyl (C=O) groups excluding carboxylic acids is 1. The fourth-order valence-corrected chi connectivity index (χ4v) is 2.12. The van der Waals surface area contributed by atoms with E-state index in [-0.39, 0.29) is 23.7 Å². The summed E-state index contributed by atoms with van der Waals surface area (Å²) in [6.45, 7) is 2.48. The van der Waals surface area contributed by atoms with E-state index in [4.69, 9.17) is 14.6 Å². The number of rotatable bonds is 5. The normalized spacial score (nSPS) is 21.4. The van der Waals surface area contributed by atoms with E-state index in [2.05, 4.69) is 5.32 Å². The zero-order valence-corrected chi connectivity index (χ0v) is 11.2.